The molecule has 0 unspecified atom stereocenters. The fraction of sp³-hybridized carbons (Fsp3) is 0.250. The lowest BCUT2D eigenvalue weighted by Crippen LogP contribution is -1.91. The summed E-state index contributed by atoms with van der Waals surface area (Å²) in [5, 5.41) is 0.788. The maximum Gasteiger partial charge on any atom is 0.222 e. The van der Waals surface area contributed by atoms with Crippen molar-refractivity contribution in [3.63, 3.8) is 0 Å². The number of nitrogens with zero attached hydrogens (tertiary/aromatic N) is 2. The van der Waals surface area contributed by atoms with E-state index in [9.17, 15) is 0 Å². The molecule has 2 nitrogen and oxygen atoms in total. The van der Waals surface area contributed by atoms with Gasteiger partial charge in [-0.05, 0) is 18.5 Å². The molecule has 4 heteroatoms. The van der Waals surface area contributed by atoms with E-state index in [0.717, 1.165) is 5.69 Å². The Bertz CT molecular complexity index is 297. The van der Waals surface area contributed by atoms with Gasteiger partial charge < -0.3 is 0 Å². The molecule has 0 amide bonds. The number of halogens is 2. The third kappa shape index (κ3) is 2.47. The van der Waals surface area contributed by atoms with E-state index in [2.05, 4.69) is 9.97 Å². The molecule has 12 heavy (non-hydrogen) atoms. The van der Waals surface area contributed by atoms with Crippen molar-refractivity contribution in [2.75, 3.05) is 0 Å². The number of hydrogen-bond donors (Lipinski definition) is 0. The minimum atomic E-state index is 0.235. The zero-order valence-corrected chi connectivity index (χ0v) is 8.10. The highest BCUT2D eigenvalue weighted by Gasteiger charge is 2.01. The summed E-state index contributed by atoms with van der Waals surface area (Å²) in [6.45, 7) is 1.94. The van der Waals surface area contributed by atoms with Crippen LogP contribution in [0.3, 0.4) is 0 Å². The molecule has 0 aliphatic rings. The quantitative estimate of drug-likeness (QED) is 0.545. The first kappa shape index (κ1) is 9.49. The van der Waals surface area contributed by atoms with E-state index in [0.29, 0.717) is 11.4 Å². The highest BCUT2D eigenvalue weighted by molar-refractivity contribution is 6.31. The van der Waals surface area contributed by atoms with E-state index in [1.807, 2.05) is 19.1 Å². The zero-order valence-electron chi connectivity index (χ0n) is 6.59. The zero-order chi connectivity index (χ0) is 8.97. The monoisotopic (exact) mass is 202 g/mol. The molecule has 0 aliphatic carbocycles. The van der Waals surface area contributed by atoms with E-state index in [-0.39, 0.29) is 5.28 Å². The van der Waals surface area contributed by atoms with Gasteiger partial charge in [0, 0.05) is 6.42 Å². The highest BCUT2D eigenvalue weighted by atomic mass is 35.5. The van der Waals surface area contributed by atoms with E-state index in [4.69, 9.17) is 23.2 Å². The molecule has 0 spiro atoms. The largest absolute Gasteiger partial charge is 0.225 e. The Labute approximate surface area is 81.2 Å². The Morgan fingerprint density at radius 2 is 2.25 bits per heavy atom. The van der Waals surface area contributed by atoms with Crippen LogP contribution in [0.4, 0.5) is 0 Å². The van der Waals surface area contributed by atoms with Crippen LogP contribution in [0.15, 0.2) is 18.3 Å². The molecule has 0 fully saturated rings. The summed E-state index contributed by atoms with van der Waals surface area (Å²) in [5.41, 5.74) is 0.759. The first-order chi connectivity index (χ1) is 5.74. The standard InChI is InChI=1S/C8H8Cl2N2/c1-2-3-4-7-6(9)5-11-8(10)12-7/h2-3,5H,4H2,1H3/b3-2-. The maximum absolute atomic E-state index is 5.81. The van der Waals surface area contributed by atoms with Crippen LogP contribution in [0.5, 0.6) is 0 Å². The van der Waals surface area contributed by atoms with Crippen molar-refractivity contribution in [3.8, 4) is 0 Å². The van der Waals surface area contributed by atoms with Gasteiger partial charge in [-0.1, -0.05) is 23.8 Å². The van der Waals surface area contributed by atoms with Crippen molar-refractivity contribution >= 4 is 23.2 Å². The molecule has 0 N–H and O–H groups in total. The maximum atomic E-state index is 5.81. The number of aromatic nitrogens is 2. The molecule has 64 valence electrons. The van der Waals surface area contributed by atoms with Crippen molar-refractivity contribution in [1.29, 1.82) is 0 Å². The Hall–Kier alpha value is -0.600. The summed E-state index contributed by atoms with van der Waals surface area (Å²) in [4.78, 5) is 7.73. The molecule has 1 aromatic rings. The van der Waals surface area contributed by atoms with E-state index >= 15 is 0 Å². The van der Waals surface area contributed by atoms with E-state index < -0.39 is 0 Å². The summed E-state index contributed by atoms with van der Waals surface area (Å²) in [6.07, 6.45) is 6.10. The summed E-state index contributed by atoms with van der Waals surface area (Å²) in [6, 6.07) is 0. The lowest BCUT2D eigenvalue weighted by atomic mass is 10.3. The second kappa shape index (κ2) is 4.43. The lowest BCUT2D eigenvalue weighted by Gasteiger charge is -1.98. The molecule has 0 saturated carbocycles. The van der Waals surface area contributed by atoms with Gasteiger partial charge in [-0.25, -0.2) is 9.97 Å². The van der Waals surface area contributed by atoms with Crippen LogP contribution in [0.25, 0.3) is 0 Å². The molecule has 1 aromatic heterocycles. The van der Waals surface area contributed by atoms with Gasteiger partial charge in [0.15, 0.2) is 0 Å². The van der Waals surface area contributed by atoms with Crippen molar-refractivity contribution < 1.29 is 0 Å². The predicted octanol–water partition coefficient (Wildman–Crippen LogP) is 2.90. The van der Waals surface area contributed by atoms with Gasteiger partial charge in [0.25, 0.3) is 0 Å². The Morgan fingerprint density at radius 1 is 1.50 bits per heavy atom. The van der Waals surface area contributed by atoms with Gasteiger partial charge in [-0.3, -0.25) is 0 Å². The molecule has 0 aliphatic heterocycles. The van der Waals surface area contributed by atoms with Gasteiger partial charge in [0.2, 0.25) is 5.28 Å². The molecule has 0 atom stereocenters. The Balaban J connectivity index is 2.89. The minimum absolute atomic E-state index is 0.235. The van der Waals surface area contributed by atoms with Gasteiger partial charge in [0.05, 0.1) is 16.9 Å². The van der Waals surface area contributed by atoms with E-state index in [1.165, 1.54) is 6.20 Å². The summed E-state index contributed by atoms with van der Waals surface area (Å²) < 4.78 is 0. The molecule has 0 saturated heterocycles. The molecular formula is C8H8Cl2N2. The molecule has 1 rings (SSSR count). The van der Waals surface area contributed by atoms with Crippen LogP contribution in [0.2, 0.25) is 10.3 Å². The van der Waals surface area contributed by atoms with Gasteiger partial charge >= 0.3 is 0 Å². The SMILES string of the molecule is C/C=C\Cc1nc(Cl)ncc1Cl. The highest BCUT2D eigenvalue weighted by Crippen LogP contribution is 2.14. The number of allylic oxidation sites excluding steroid dienone is 2. The molecule has 0 bridgehead atoms. The summed E-state index contributed by atoms with van der Waals surface area (Å²) >= 11 is 11.4. The van der Waals surface area contributed by atoms with Crippen molar-refractivity contribution in [1.82, 2.24) is 9.97 Å². The van der Waals surface area contributed by atoms with Crippen LogP contribution in [0.1, 0.15) is 12.6 Å². The van der Waals surface area contributed by atoms with Gasteiger partial charge in [-0.2, -0.15) is 0 Å². The van der Waals surface area contributed by atoms with E-state index in [1.54, 1.807) is 0 Å². The molecule has 0 radical (unpaired) electrons. The van der Waals surface area contributed by atoms with Crippen LogP contribution < -0.4 is 0 Å². The predicted molar refractivity (Wildman–Crippen MR) is 50.6 cm³/mol. The molecule has 1 heterocycles. The summed E-state index contributed by atoms with van der Waals surface area (Å²) in [7, 11) is 0. The average Bonchev–Trinajstić information content (AvgIpc) is 2.07. The second-order valence-corrected chi connectivity index (χ2v) is 2.95. The smallest absolute Gasteiger partial charge is 0.222 e. The molecule has 0 aromatic carbocycles. The normalized spacial score (nSPS) is 10.9. The molecular weight excluding hydrogens is 195 g/mol. The average molecular weight is 203 g/mol. The topological polar surface area (TPSA) is 25.8 Å². The minimum Gasteiger partial charge on any atom is -0.225 e. The van der Waals surface area contributed by atoms with Crippen molar-refractivity contribution in [2.24, 2.45) is 0 Å². The second-order valence-electron chi connectivity index (χ2n) is 2.21. The van der Waals surface area contributed by atoms with Crippen LogP contribution in [-0.2, 0) is 6.42 Å². The van der Waals surface area contributed by atoms with Gasteiger partial charge in [0.1, 0.15) is 0 Å². The first-order valence-electron chi connectivity index (χ1n) is 3.52. The van der Waals surface area contributed by atoms with Crippen LogP contribution in [0, 0.1) is 0 Å². The lowest BCUT2D eigenvalue weighted by molar-refractivity contribution is 1.05. The van der Waals surface area contributed by atoms with Crippen LogP contribution in [-0.4, -0.2) is 9.97 Å². The fourth-order valence-electron chi connectivity index (χ4n) is 0.751. The van der Waals surface area contributed by atoms with Gasteiger partial charge in [-0.15, -0.1) is 0 Å². The van der Waals surface area contributed by atoms with Crippen molar-refractivity contribution in [2.45, 2.75) is 13.3 Å². The van der Waals surface area contributed by atoms with Crippen LogP contribution >= 0.6 is 23.2 Å². The summed E-state index contributed by atoms with van der Waals surface area (Å²) in [5.74, 6) is 0. The fourth-order valence-corrected chi connectivity index (χ4v) is 1.07. The first-order valence-corrected chi connectivity index (χ1v) is 4.27. The Kier molecular flexibility index (Phi) is 3.50. The third-order valence-electron chi connectivity index (χ3n) is 1.33. The number of hydrogen-bond acceptors (Lipinski definition) is 2. The Morgan fingerprint density at radius 3 is 2.92 bits per heavy atom. The third-order valence-corrected chi connectivity index (χ3v) is 1.83. The van der Waals surface area contributed by atoms with Crippen molar-refractivity contribution in [3.05, 3.63) is 34.3 Å². The number of rotatable bonds is 2.